The Kier molecular flexibility index (Phi) is 11.5. The zero-order valence-electron chi connectivity index (χ0n) is 22.0. The molecule has 41 heavy (non-hydrogen) atoms. The van der Waals surface area contributed by atoms with Crippen molar-refractivity contribution in [3.05, 3.63) is 130 Å². The van der Waals surface area contributed by atoms with Crippen LogP contribution in [0.15, 0.2) is 103 Å². The van der Waals surface area contributed by atoms with Gasteiger partial charge in [0.15, 0.2) is 0 Å². The normalized spacial score (nSPS) is 11.0. The molecule has 0 aliphatic carbocycles. The van der Waals surface area contributed by atoms with E-state index in [1.54, 1.807) is 18.2 Å². The van der Waals surface area contributed by atoms with Crippen LogP contribution in [0.1, 0.15) is 33.5 Å². The molecule has 0 aliphatic heterocycles. The number of aromatic carboxylic acids is 1. The lowest BCUT2D eigenvalue weighted by Crippen LogP contribution is -2.24. The van der Waals surface area contributed by atoms with E-state index >= 15 is 0 Å². The fourth-order valence-corrected chi connectivity index (χ4v) is 4.34. The monoisotopic (exact) mass is 583 g/mol. The number of benzene rings is 4. The molecule has 0 spiro atoms. The van der Waals surface area contributed by atoms with Crippen molar-refractivity contribution in [2.45, 2.75) is 32.1 Å². The Labute approximate surface area is 241 Å². The predicted octanol–water partition coefficient (Wildman–Crippen LogP) is 7.97. The van der Waals surface area contributed by atoms with E-state index in [2.05, 4.69) is 53.4 Å². The molecule has 0 aromatic heterocycles. The first kappa shape index (κ1) is 31.4. The fourth-order valence-electron chi connectivity index (χ4n) is 4.21. The fraction of sp³-hybridized carbons (Fsp3) is 0.188. The Morgan fingerprint density at radius 2 is 1.39 bits per heavy atom. The highest BCUT2D eigenvalue weighted by Gasteiger charge is 2.38. The molecule has 2 N–H and O–H groups in total. The van der Waals surface area contributed by atoms with Gasteiger partial charge in [-0.15, -0.1) is 0 Å². The van der Waals surface area contributed by atoms with Crippen LogP contribution in [-0.2, 0) is 24.3 Å². The minimum absolute atomic E-state index is 0.299. The summed E-state index contributed by atoms with van der Waals surface area (Å²) in [7, 11) is 0. The Balaban J connectivity index is 0.000000587. The van der Waals surface area contributed by atoms with Crippen molar-refractivity contribution in [2.75, 3.05) is 6.54 Å². The minimum atomic E-state index is -5.08. The molecular formula is C32H29ClF3NO4. The number of nitrogens with zero attached hydrogens (tertiary/aromatic N) is 1. The summed E-state index contributed by atoms with van der Waals surface area (Å²) in [5.74, 6) is -3.67. The second kappa shape index (κ2) is 15.0. The molecule has 0 bridgehead atoms. The molecule has 0 atom stereocenters. The zero-order chi connectivity index (χ0) is 29.8. The SMILES string of the molecule is O=C(O)C(F)(F)F.O=C(O)c1cccc(-c2ccccc2CN(CCCc2ccccc2)Cc2ccc(Cl)cc2)c1. The molecule has 9 heteroatoms. The molecule has 0 amide bonds. The quantitative estimate of drug-likeness (QED) is 0.198. The molecule has 4 aromatic rings. The van der Waals surface area contributed by atoms with Gasteiger partial charge in [-0.3, -0.25) is 4.90 Å². The summed E-state index contributed by atoms with van der Waals surface area (Å²) < 4.78 is 31.7. The van der Waals surface area contributed by atoms with Gasteiger partial charge < -0.3 is 10.2 Å². The number of hydrogen-bond acceptors (Lipinski definition) is 3. The van der Waals surface area contributed by atoms with Crippen molar-refractivity contribution >= 4 is 23.5 Å². The first-order valence-electron chi connectivity index (χ1n) is 12.8. The standard InChI is InChI=1S/C30H28ClNO2.C2HF3O2/c31-28-17-15-24(16-18-28)21-32(19-7-10-23-8-2-1-3-9-23)22-27-11-4-5-14-29(27)25-12-6-13-26(20-25)30(33)34;3-2(4,5)1(6)7/h1-6,8-9,11-18,20H,7,10,19,21-22H2,(H,33,34);(H,6,7). The largest absolute Gasteiger partial charge is 0.490 e. The number of carboxylic acid groups (broad SMARTS) is 2. The number of aliphatic carboxylic acids is 1. The van der Waals surface area contributed by atoms with Gasteiger partial charge in [0, 0.05) is 18.1 Å². The van der Waals surface area contributed by atoms with Gasteiger partial charge in [0.1, 0.15) is 0 Å². The van der Waals surface area contributed by atoms with Crippen LogP contribution in [0.3, 0.4) is 0 Å². The van der Waals surface area contributed by atoms with E-state index in [0.717, 1.165) is 48.6 Å². The zero-order valence-corrected chi connectivity index (χ0v) is 22.8. The molecule has 0 fully saturated rings. The van der Waals surface area contributed by atoms with Crippen LogP contribution in [-0.4, -0.2) is 39.8 Å². The molecule has 0 heterocycles. The van der Waals surface area contributed by atoms with Gasteiger partial charge in [-0.2, -0.15) is 13.2 Å². The maximum Gasteiger partial charge on any atom is 0.490 e. The highest BCUT2D eigenvalue weighted by Crippen LogP contribution is 2.27. The molecule has 214 valence electrons. The highest BCUT2D eigenvalue weighted by atomic mass is 35.5. The topological polar surface area (TPSA) is 77.8 Å². The molecular weight excluding hydrogens is 555 g/mol. The van der Waals surface area contributed by atoms with Crippen LogP contribution in [0.5, 0.6) is 0 Å². The molecule has 4 rings (SSSR count). The van der Waals surface area contributed by atoms with Crippen LogP contribution in [0.25, 0.3) is 11.1 Å². The van der Waals surface area contributed by atoms with E-state index in [0.29, 0.717) is 5.56 Å². The lowest BCUT2D eigenvalue weighted by Gasteiger charge is -2.24. The van der Waals surface area contributed by atoms with Gasteiger partial charge in [-0.25, -0.2) is 9.59 Å². The maximum absolute atomic E-state index is 11.5. The summed E-state index contributed by atoms with van der Waals surface area (Å²) in [6, 6.07) is 34.0. The predicted molar refractivity (Wildman–Crippen MR) is 153 cm³/mol. The number of carboxylic acids is 2. The third-order valence-corrected chi connectivity index (χ3v) is 6.43. The van der Waals surface area contributed by atoms with Crippen molar-refractivity contribution in [3.8, 4) is 11.1 Å². The number of halogens is 4. The van der Waals surface area contributed by atoms with Gasteiger partial charge in [-0.1, -0.05) is 90.5 Å². The first-order valence-corrected chi connectivity index (χ1v) is 13.1. The third kappa shape index (κ3) is 10.4. The second-order valence-corrected chi connectivity index (χ2v) is 9.71. The van der Waals surface area contributed by atoms with Crippen molar-refractivity contribution in [1.82, 2.24) is 4.90 Å². The summed E-state index contributed by atoms with van der Waals surface area (Å²) in [4.78, 5) is 22.8. The van der Waals surface area contributed by atoms with Crippen LogP contribution in [0.2, 0.25) is 5.02 Å². The van der Waals surface area contributed by atoms with Gasteiger partial charge in [-0.05, 0) is 71.5 Å². The molecule has 5 nitrogen and oxygen atoms in total. The van der Waals surface area contributed by atoms with Crippen molar-refractivity contribution in [1.29, 1.82) is 0 Å². The maximum atomic E-state index is 11.5. The number of aryl methyl sites for hydroxylation is 1. The van der Waals surface area contributed by atoms with E-state index < -0.39 is 18.1 Å². The van der Waals surface area contributed by atoms with Crippen molar-refractivity contribution < 1.29 is 33.0 Å². The summed E-state index contributed by atoms with van der Waals surface area (Å²) in [5.41, 5.74) is 6.03. The molecule has 0 radical (unpaired) electrons. The molecule has 0 unspecified atom stereocenters. The highest BCUT2D eigenvalue weighted by molar-refractivity contribution is 6.30. The van der Waals surface area contributed by atoms with Crippen molar-refractivity contribution in [2.24, 2.45) is 0 Å². The Morgan fingerprint density at radius 1 is 0.756 bits per heavy atom. The lowest BCUT2D eigenvalue weighted by molar-refractivity contribution is -0.192. The number of alkyl halides is 3. The van der Waals surface area contributed by atoms with Crippen LogP contribution in [0, 0.1) is 0 Å². The average Bonchev–Trinajstić information content (AvgIpc) is 2.95. The van der Waals surface area contributed by atoms with Gasteiger partial charge >= 0.3 is 18.1 Å². The summed E-state index contributed by atoms with van der Waals surface area (Å²) in [5, 5.41) is 17.3. The van der Waals surface area contributed by atoms with Crippen LogP contribution < -0.4 is 0 Å². The second-order valence-electron chi connectivity index (χ2n) is 9.27. The number of rotatable bonds is 10. The summed E-state index contributed by atoms with van der Waals surface area (Å²) >= 11 is 6.10. The Hall–Kier alpha value is -4.14. The number of carbonyl (C=O) groups is 2. The molecule has 0 aliphatic rings. The summed E-state index contributed by atoms with van der Waals surface area (Å²) in [6.07, 6.45) is -3.01. The smallest absolute Gasteiger partial charge is 0.478 e. The van der Waals surface area contributed by atoms with E-state index in [9.17, 15) is 23.1 Å². The van der Waals surface area contributed by atoms with E-state index in [4.69, 9.17) is 21.5 Å². The summed E-state index contributed by atoms with van der Waals surface area (Å²) in [6.45, 7) is 2.53. The van der Waals surface area contributed by atoms with Gasteiger partial charge in [0.05, 0.1) is 5.56 Å². The minimum Gasteiger partial charge on any atom is -0.478 e. The molecule has 0 saturated heterocycles. The van der Waals surface area contributed by atoms with Crippen LogP contribution >= 0.6 is 11.6 Å². The van der Waals surface area contributed by atoms with Gasteiger partial charge in [0.25, 0.3) is 0 Å². The Bertz CT molecular complexity index is 1430. The third-order valence-electron chi connectivity index (χ3n) is 6.18. The first-order chi connectivity index (χ1) is 19.5. The lowest BCUT2D eigenvalue weighted by atomic mass is 9.97. The van der Waals surface area contributed by atoms with E-state index in [-0.39, 0.29) is 0 Å². The average molecular weight is 584 g/mol. The van der Waals surface area contributed by atoms with Gasteiger partial charge in [0.2, 0.25) is 0 Å². The number of hydrogen-bond donors (Lipinski definition) is 2. The molecule has 4 aromatic carbocycles. The van der Waals surface area contributed by atoms with E-state index in [1.165, 1.54) is 16.7 Å². The Morgan fingerprint density at radius 3 is 2.02 bits per heavy atom. The van der Waals surface area contributed by atoms with Crippen LogP contribution in [0.4, 0.5) is 13.2 Å². The molecule has 0 saturated carbocycles. The van der Waals surface area contributed by atoms with Crippen molar-refractivity contribution in [3.63, 3.8) is 0 Å². The van der Waals surface area contributed by atoms with E-state index in [1.807, 2.05) is 36.4 Å².